The molecule has 0 unspecified atom stereocenters. The van der Waals surface area contributed by atoms with Crippen LogP contribution in [0.15, 0.2) is 84.0 Å². The molecule has 0 spiro atoms. The summed E-state index contributed by atoms with van der Waals surface area (Å²) in [6.45, 7) is 5.99. The smallest absolute Gasteiger partial charge is 0.156 e. The fourth-order valence-corrected chi connectivity index (χ4v) is 3.91. The van der Waals surface area contributed by atoms with E-state index >= 15 is 0 Å². The van der Waals surface area contributed by atoms with Crippen molar-refractivity contribution in [3.05, 3.63) is 96.5 Å². The zero-order chi connectivity index (χ0) is 22.8. The molecule has 5 aromatic rings. The highest BCUT2D eigenvalue weighted by atomic mass is 16.3. The summed E-state index contributed by atoms with van der Waals surface area (Å²) in [5.41, 5.74) is 7.00. The van der Waals surface area contributed by atoms with Crippen molar-refractivity contribution in [2.24, 2.45) is 0 Å². The lowest BCUT2D eigenvalue weighted by Gasteiger charge is -2.13. The van der Waals surface area contributed by atoms with E-state index in [2.05, 4.69) is 73.4 Å². The van der Waals surface area contributed by atoms with Crippen LogP contribution >= 0.6 is 0 Å². The van der Waals surface area contributed by atoms with Gasteiger partial charge in [0.2, 0.25) is 0 Å². The molecule has 3 heterocycles. The fraction of sp³-hybridized carbons (Fsp3) is 0.185. The molecule has 0 saturated carbocycles. The maximum absolute atomic E-state index is 5.47. The summed E-state index contributed by atoms with van der Waals surface area (Å²) in [7, 11) is 4.13. The highest BCUT2D eigenvalue weighted by Crippen LogP contribution is 2.25. The molecule has 5 rings (SSSR count). The third kappa shape index (κ3) is 4.52. The monoisotopic (exact) mass is 437 g/mol. The summed E-state index contributed by atoms with van der Waals surface area (Å²) in [6, 6.07) is 22.7. The van der Waals surface area contributed by atoms with Gasteiger partial charge in [-0.15, -0.1) is 0 Å². The summed E-state index contributed by atoms with van der Waals surface area (Å²) >= 11 is 0. The topological polar surface area (TPSA) is 58.6 Å². The zero-order valence-corrected chi connectivity index (χ0v) is 19.0. The Morgan fingerprint density at radius 1 is 1.06 bits per heavy atom. The van der Waals surface area contributed by atoms with Gasteiger partial charge in [-0.25, -0.2) is 9.50 Å². The second-order valence-electron chi connectivity index (χ2n) is 8.46. The highest BCUT2D eigenvalue weighted by molar-refractivity contribution is 5.83. The minimum Gasteiger partial charge on any atom is -0.464 e. The summed E-state index contributed by atoms with van der Waals surface area (Å²) in [5, 5.41) is 9.26. The Morgan fingerprint density at radius 3 is 2.73 bits per heavy atom. The average Bonchev–Trinajstić information content (AvgIpc) is 3.44. The lowest BCUT2D eigenvalue weighted by atomic mass is 10.1. The van der Waals surface area contributed by atoms with E-state index in [1.807, 2.05) is 28.8 Å². The van der Waals surface area contributed by atoms with Crippen LogP contribution in [0.2, 0.25) is 0 Å². The molecule has 3 aromatic heterocycles. The first-order valence-electron chi connectivity index (χ1n) is 11.1. The van der Waals surface area contributed by atoms with Gasteiger partial charge in [-0.2, -0.15) is 5.10 Å². The van der Waals surface area contributed by atoms with Crippen LogP contribution in [0.4, 0.5) is 0 Å². The number of fused-ring (bicyclic) bond motifs is 2. The molecule has 0 bridgehead atoms. The van der Waals surface area contributed by atoms with Crippen LogP contribution in [0.5, 0.6) is 0 Å². The van der Waals surface area contributed by atoms with Gasteiger partial charge in [0.15, 0.2) is 11.5 Å². The molecule has 0 aliphatic rings. The van der Waals surface area contributed by atoms with Crippen molar-refractivity contribution >= 4 is 22.3 Å². The summed E-state index contributed by atoms with van der Waals surface area (Å²) in [6.07, 6.45) is 2.38. The van der Waals surface area contributed by atoms with E-state index < -0.39 is 0 Å². The molecular weight excluding hydrogens is 410 g/mol. The normalized spacial score (nSPS) is 11.5. The Labute approximate surface area is 193 Å². The van der Waals surface area contributed by atoms with E-state index in [4.69, 9.17) is 14.5 Å². The number of furan rings is 1. The molecule has 0 aliphatic carbocycles. The fourth-order valence-electron chi connectivity index (χ4n) is 3.91. The first-order chi connectivity index (χ1) is 16.1. The van der Waals surface area contributed by atoms with Crippen molar-refractivity contribution < 1.29 is 4.42 Å². The van der Waals surface area contributed by atoms with Crippen LogP contribution in [0.1, 0.15) is 17.0 Å². The van der Waals surface area contributed by atoms with E-state index in [9.17, 15) is 0 Å². The van der Waals surface area contributed by atoms with Crippen LogP contribution < -0.4 is 5.32 Å². The van der Waals surface area contributed by atoms with E-state index in [0.717, 1.165) is 63.6 Å². The zero-order valence-electron chi connectivity index (χ0n) is 19.0. The van der Waals surface area contributed by atoms with Gasteiger partial charge in [0.05, 0.1) is 12.0 Å². The van der Waals surface area contributed by atoms with E-state index in [-0.39, 0.29) is 0 Å². The van der Waals surface area contributed by atoms with Crippen molar-refractivity contribution in [3.63, 3.8) is 0 Å². The Bertz CT molecular complexity index is 1410. The molecule has 2 aromatic carbocycles. The molecule has 0 fully saturated rings. The maximum atomic E-state index is 5.47. The quantitative estimate of drug-likeness (QED) is 0.376. The predicted octanol–water partition coefficient (Wildman–Crippen LogP) is 4.86. The third-order valence-corrected chi connectivity index (χ3v) is 5.71. The van der Waals surface area contributed by atoms with Gasteiger partial charge in [0.25, 0.3) is 0 Å². The van der Waals surface area contributed by atoms with Crippen LogP contribution in [0, 0.1) is 0 Å². The molecule has 0 aliphatic heterocycles. The van der Waals surface area contributed by atoms with Crippen LogP contribution in [0.3, 0.4) is 0 Å². The molecule has 1 N–H and O–H groups in total. The Balaban J connectivity index is 1.34. The molecule has 0 amide bonds. The molecule has 6 heteroatoms. The standard InChI is InChI=1S/C27H27N5O/c1-19(28-14-15-31(2)3)21-9-7-20(8-10-21)17-26-29-27-6-4-5-24(32(27)30-26)22-11-12-25-23(18-22)13-16-33-25/h4-13,16,18,28H,1,14-15,17H2,2-3H3. The third-order valence-electron chi connectivity index (χ3n) is 5.71. The first-order valence-corrected chi connectivity index (χ1v) is 11.1. The van der Waals surface area contributed by atoms with Crippen molar-refractivity contribution in [2.45, 2.75) is 6.42 Å². The van der Waals surface area contributed by atoms with Crippen molar-refractivity contribution in [1.82, 2.24) is 24.8 Å². The molecule has 0 saturated heterocycles. The van der Waals surface area contributed by atoms with Crippen LogP contribution in [-0.2, 0) is 6.42 Å². The Hall–Kier alpha value is -3.90. The van der Waals surface area contributed by atoms with E-state index in [1.54, 1.807) is 6.26 Å². The summed E-state index contributed by atoms with van der Waals surface area (Å²) in [4.78, 5) is 6.91. The van der Waals surface area contributed by atoms with Gasteiger partial charge in [0, 0.05) is 36.2 Å². The molecule has 6 nitrogen and oxygen atoms in total. The van der Waals surface area contributed by atoms with Gasteiger partial charge in [0.1, 0.15) is 5.58 Å². The SMILES string of the molecule is C=C(NCCN(C)C)c1ccc(Cc2nc3cccc(-c4ccc5occc5c4)n3n2)cc1. The van der Waals surface area contributed by atoms with E-state index in [0.29, 0.717) is 6.42 Å². The molecule has 33 heavy (non-hydrogen) atoms. The number of nitrogens with one attached hydrogen (secondary N) is 1. The average molecular weight is 438 g/mol. The number of aromatic nitrogens is 3. The lowest BCUT2D eigenvalue weighted by Crippen LogP contribution is -2.25. The van der Waals surface area contributed by atoms with Crippen molar-refractivity contribution in [3.8, 4) is 11.3 Å². The van der Waals surface area contributed by atoms with E-state index in [1.165, 1.54) is 0 Å². The summed E-state index contributed by atoms with van der Waals surface area (Å²) < 4.78 is 7.39. The molecule has 166 valence electrons. The summed E-state index contributed by atoms with van der Waals surface area (Å²) in [5.74, 6) is 0.794. The van der Waals surface area contributed by atoms with Crippen LogP contribution in [0.25, 0.3) is 33.6 Å². The number of nitrogens with zero attached hydrogens (tertiary/aromatic N) is 4. The number of rotatable bonds is 8. The first kappa shape index (κ1) is 21.0. The van der Waals surface area contributed by atoms with Crippen LogP contribution in [-0.4, -0.2) is 46.7 Å². The predicted molar refractivity (Wildman–Crippen MR) is 133 cm³/mol. The molecule has 0 atom stereocenters. The number of likely N-dealkylation sites (N-methyl/N-ethyl adjacent to an activating group) is 1. The second kappa shape index (κ2) is 8.92. The Morgan fingerprint density at radius 2 is 1.91 bits per heavy atom. The van der Waals surface area contributed by atoms with Gasteiger partial charge in [-0.3, -0.25) is 0 Å². The number of benzene rings is 2. The number of hydrogen-bond acceptors (Lipinski definition) is 5. The van der Waals surface area contributed by atoms with Crippen molar-refractivity contribution in [1.29, 1.82) is 0 Å². The van der Waals surface area contributed by atoms with Gasteiger partial charge in [-0.1, -0.05) is 36.9 Å². The van der Waals surface area contributed by atoms with Gasteiger partial charge < -0.3 is 14.6 Å². The molecule has 0 radical (unpaired) electrons. The number of hydrogen-bond donors (Lipinski definition) is 1. The molecular formula is C27H27N5O. The van der Waals surface area contributed by atoms with Crippen molar-refractivity contribution in [2.75, 3.05) is 27.2 Å². The Kier molecular flexibility index (Phi) is 5.67. The lowest BCUT2D eigenvalue weighted by molar-refractivity contribution is 0.411. The second-order valence-corrected chi connectivity index (χ2v) is 8.46. The maximum Gasteiger partial charge on any atom is 0.156 e. The van der Waals surface area contributed by atoms with Gasteiger partial charge in [-0.05, 0) is 61.6 Å². The van der Waals surface area contributed by atoms with Gasteiger partial charge >= 0.3 is 0 Å². The largest absolute Gasteiger partial charge is 0.464 e. The minimum absolute atomic E-state index is 0.669. The minimum atomic E-state index is 0.669. The number of pyridine rings is 1. The highest BCUT2D eigenvalue weighted by Gasteiger charge is 2.11.